The van der Waals surface area contributed by atoms with Gasteiger partial charge in [-0.05, 0) is 12.8 Å². The lowest BCUT2D eigenvalue weighted by Gasteiger charge is -1.97. The molecular weight excluding hydrogens is 164 g/mol. The Hall–Kier alpha value is -0.990. The van der Waals surface area contributed by atoms with E-state index in [2.05, 4.69) is 18.9 Å². The molecule has 1 aromatic rings. The molecule has 0 saturated heterocycles. The van der Waals surface area contributed by atoms with Gasteiger partial charge in [-0.1, -0.05) is 26.7 Å². The van der Waals surface area contributed by atoms with Crippen LogP contribution in [0.1, 0.15) is 38.7 Å². The largest absolute Gasteiger partial charge is 0.303 e. The Balaban J connectivity index is 2.69. The Labute approximate surface area is 78.8 Å². The smallest absolute Gasteiger partial charge is 0.269 e. The maximum Gasteiger partial charge on any atom is 0.269 e. The van der Waals surface area contributed by atoms with E-state index in [9.17, 15) is 4.79 Å². The zero-order valence-electron chi connectivity index (χ0n) is 8.47. The average molecular weight is 182 g/mol. The molecule has 0 unspecified atom stereocenters. The van der Waals surface area contributed by atoms with Crippen LogP contribution in [0.4, 0.5) is 0 Å². The molecule has 0 spiro atoms. The summed E-state index contributed by atoms with van der Waals surface area (Å²) in [7, 11) is 0. The van der Waals surface area contributed by atoms with Gasteiger partial charge < -0.3 is 5.10 Å². The highest BCUT2D eigenvalue weighted by Gasteiger charge is 2.03. The van der Waals surface area contributed by atoms with E-state index < -0.39 is 0 Å². The topological polar surface area (TPSA) is 37.8 Å². The van der Waals surface area contributed by atoms with Gasteiger partial charge in [-0.3, -0.25) is 9.48 Å². The number of H-pyrrole nitrogens is 1. The Bertz CT molecular complexity index is 298. The van der Waals surface area contributed by atoms with Crippen molar-refractivity contribution >= 4 is 0 Å². The molecule has 0 aromatic carbocycles. The van der Waals surface area contributed by atoms with E-state index in [1.165, 1.54) is 0 Å². The van der Waals surface area contributed by atoms with Gasteiger partial charge in [0.1, 0.15) is 0 Å². The second kappa shape index (κ2) is 4.90. The number of aryl methyl sites for hydroxylation is 2. The van der Waals surface area contributed by atoms with Gasteiger partial charge in [-0.15, -0.1) is 0 Å². The van der Waals surface area contributed by atoms with E-state index >= 15 is 0 Å². The highest BCUT2D eigenvalue weighted by molar-refractivity contribution is 5.04. The van der Waals surface area contributed by atoms with E-state index in [-0.39, 0.29) is 5.56 Å². The summed E-state index contributed by atoms with van der Waals surface area (Å²) in [5.41, 5.74) is 1.08. The highest BCUT2D eigenvalue weighted by Crippen LogP contribution is 1.96. The average Bonchev–Trinajstić information content (AvgIpc) is 2.46. The summed E-state index contributed by atoms with van der Waals surface area (Å²) in [4.78, 5) is 11.6. The lowest BCUT2D eigenvalue weighted by Crippen LogP contribution is -2.19. The zero-order chi connectivity index (χ0) is 9.68. The lowest BCUT2D eigenvalue weighted by molar-refractivity contribution is 0.556. The van der Waals surface area contributed by atoms with Crippen LogP contribution in [0.15, 0.2) is 11.0 Å². The minimum atomic E-state index is 0.162. The predicted molar refractivity (Wildman–Crippen MR) is 54.0 cm³/mol. The van der Waals surface area contributed by atoms with Crippen molar-refractivity contribution in [1.29, 1.82) is 0 Å². The lowest BCUT2D eigenvalue weighted by atomic mass is 10.2. The number of hydrogen-bond donors (Lipinski definition) is 1. The number of nitrogens with one attached hydrogen (secondary N) is 1. The quantitative estimate of drug-likeness (QED) is 0.742. The Kier molecular flexibility index (Phi) is 3.80. The van der Waals surface area contributed by atoms with Crippen molar-refractivity contribution in [3.8, 4) is 0 Å². The summed E-state index contributed by atoms with van der Waals surface area (Å²) in [5.74, 6) is 0. The van der Waals surface area contributed by atoms with Crippen molar-refractivity contribution in [3.05, 3.63) is 22.1 Å². The minimum absolute atomic E-state index is 0.162. The van der Waals surface area contributed by atoms with E-state index in [1.807, 2.05) is 6.20 Å². The summed E-state index contributed by atoms with van der Waals surface area (Å²) in [5, 5.41) is 3.00. The highest BCUT2D eigenvalue weighted by atomic mass is 16.1. The molecule has 0 aliphatic heterocycles. The second-order valence-corrected chi connectivity index (χ2v) is 3.36. The number of unbranched alkanes of at least 4 members (excludes halogenated alkanes) is 1. The van der Waals surface area contributed by atoms with Crippen LogP contribution in [0.25, 0.3) is 0 Å². The maximum absolute atomic E-state index is 11.6. The van der Waals surface area contributed by atoms with Crippen LogP contribution in [0.5, 0.6) is 0 Å². The summed E-state index contributed by atoms with van der Waals surface area (Å²) < 4.78 is 1.70. The fourth-order valence-electron chi connectivity index (χ4n) is 1.38. The van der Waals surface area contributed by atoms with Crippen LogP contribution < -0.4 is 5.56 Å². The predicted octanol–water partition coefficient (Wildman–Crippen LogP) is 1.93. The third-order valence-corrected chi connectivity index (χ3v) is 2.17. The Morgan fingerprint density at radius 2 is 2.15 bits per heavy atom. The SMILES string of the molecule is CCCCn1[nH]cc(CCC)c1=O. The third kappa shape index (κ3) is 2.47. The molecule has 0 fully saturated rings. The van der Waals surface area contributed by atoms with Gasteiger partial charge in [0, 0.05) is 18.3 Å². The van der Waals surface area contributed by atoms with Gasteiger partial charge in [-0.25, -0.2) is 0 Å². The molecule has 74 valence electrons. The second-order valence-electron chi connectivity index (χ2n) is 3.36. The fourth-order valence-corrected chi connectivity index (χ4v) is 1.38. The molecule has 1 rings (SSSR count). The number of rotatable bonds is 5. The first-order valence-corrected chi connectivity index (χ1v) is 5.06. The molecule has 0 radical (unpaired) electrons. The molecule has 3 heteroatoms. The van der Waals surface area contributed by atoms with E-state index in [1.54, 1.807) is 4.68 Å². The summed E-state index contributed by atoms with van der Waals surface area (Å²) >= 11 is 0. The first-order valence-electron chi connectivity index (χ1n) is 5.06. The van der Waals surface area contributed by atoms with Crippen molar-refractivity contribution < 1.29 is 0 Å². The first kappa shape index (κ1) is 10.1. The van der Waals surface area contributed by atoms with Crippen LogP contribution >= 0.6 is 0 Å². The minimum Gasteiger partial charge on any atom is -0.303 e. The molecule has 13 heavy (non-hydrogen) atoms. The molecule has 0 amide bonds. The molecule has 0 atom stereocenters. The van der Waals surface area contributed by atoms with E-state index in [0.29, 0.717) is 0 Å². The maximum atomic E-state index is 11.6. The van der Waals surface area contributed by atoms with Crippen molar-refractivity contribution in [2.75, 3.05) is 0 Å². The Morgan fingerprint density at radius 1 is 1.38 bits per heavy atom. The summed E-state index contributed by atoms with van der Waals surface area (Å²) in [6.07, 6.45) is 5.93. The number of aromatic amines is 1. The van der Waals surface area contributed by atoms with Crippen molar-refractivity contribution in [2.45, 2.75) is 46.1 Å². The van der Waals surface area contributed by atoms with Gasteiger partial charge in [0.2, 0.25) is 0 Å². The van der Waals surface area contributed by atoms with Gasteiger partial charge in [0.15, 0.2) is 0 Å². The normalized spacial score (nSPS) is 10.6. The molecule has 0 saturated carbocycles. The molecule has 0 aliphatic rings. The van der Waals surface area contributed by atoms with Crippen LogP contribution in [0.3, 0.4) is 0 Å². The Morgan fingerprint density at radius 3 is 2.77 bits per heavy atom. The molecule has 1 heterocycles. The van der Waals surface area contributed by atoms with Crippen LogP contribution in [0, 0.1) is 0 Å². The van der Waals surface area contributed by atoms with Gasteiger partial charge in [-0.2, -0.15) is 0 Å². The van der Waals surface area contributed by atoms with Crippen molar-refractivity contribution in [2.24, 2.45) is 0 Å². The molecule has 0 bridgehead atoms. The van der Waals surface area contributed by atoms with Gasteiger partial charge in [0.05, 0.1) is 0 Å². The van der Waals surface area contributed by atoms with E-state index in [4.69, 9.17) is 0 Å². The molecule has 1 N–H and O–H groups in total. The zero-order valence-corrected chi connectivity index (χ0v) is 8.47. The molecule has 3 nitrogen and oxygen atoms in total. The van der Waals surface area contributed by atoms with Crippen LogP contribution in [-0.2, 0) is 13.0 Å². The standard InChI is InChI=1S/C10H18N2O/c1-3-5-7-12-10(13)9(6-4-2)8-11-12/h8,11H,3-7H2,1-2H3. The monoisotopic (exact) mass is 182 g/mol. The van der Waals surface area contributed by atoms with Crippen molar-refractivity contribution in [1.82, 2.24) is 9.78 Å². The van der Waals surface area contributed by atoms with Gasteiger partial charge in [0.25, 0.3) is 5.56 Å². The number of aromatic nitrogens is 2. The van der Waals surface area contributed by atoms with Crippen molar-refractivity contribution in [3.63, 3.8) is 0 Å². The third-order valence-electron chi connectivity index (χ3n) is 2.17. The number of hydrogen-bond acceptors (Lipinski definition) is 1. The molecule has 1 aromatic heterocycles. The molecular formula is C10H18N2O. The first-order chi connectivity index (χ1) is 6.29. The summed E-state index contributed by atoms with van der Waals surface area (Å²) in [6.45, 7) is 5.03. The molecule has 0 aliphatic carbocycles. The van der Waals surface area contributed by atoms with Gasteiger partial charge >= 0.3 is 0 Å². The fraction of sp³-hybridized carbons (Fsp3) is 0.700. The number of nitrogens with zero attached hydrogens (tertiary/aromatic N) is 1. The van der Waals surface area contributed by atoms with Crippen LogP contribution in [-0.4, -0.2) is 9.78 Å². The summed E-state index contributed by atoms with van der Waals surface area (Å²) in [6, 6.07) is 0. The van der Waals surface area contributed by atoms with Crippen LogP contribution in [0.2, 0.25) is 0 Å². The van der Waals surface area contributed by atoms with E-state index in [0.717, 1.165) is 37.8 Å².